The highest BCUT2D eigenvalue weighted by Gasteiger charge is 2.43. The van der Waals surface area contributed by atoms with E-state index < -0.39 is 5.97 Å². The highest BCUT2D eigenvalue weighted by Crippen LogP contribution is 2.42. The average Bonchev–Trinajstić information content (AvgIpc) is 2.75. The second-order valence-electron chi connectivity index (χ2n) is 7.39. The molecule has 1 aliphatic heterocycles. The number of hydrogen-bond donors (Lipinski definition) is 1. The van der Waals surface area contributed by atoms with Gasteiger partial charge >= 0.3 is 5.97 Å². The van der Waals surface area contributed by atoms with Gasteiger partial charge in [0.15, 0.2) is 0 Å². The predicted octanol–water partition coefficient (Wildman–Crippen LogP) is 3.05. The second-order valence-corrected chi connectivity index (χ2v) is 7.39. The van der Waals surface area contributed by atoms with E-state index in [2.05, 4.69) is 25.7 Å². The van der Waals surface area contributed by atoms with Crippen LogP contribution in [0.2, 0.25) is 0 Å². The lowest BCUT2D eigenvalue weighted by atomic mass is 9.86. The van der Waals surface area contributed by atoms with E-state index >= 15 is 0 Å². The minimum absolute atomic E-state index is 0.0112. The van der Waals surface area contributed by atoms with Gasteiger partial charge in [-0.2, -0.15) is 0 Å². The fourth-order valence-electron chi connectivity index (χ4n) is 3.92. The molecule has 2 fully saturated rings. The zero-order valence-corrected chi connectivity index (χ0v) is 13.2. The van der Waals surface area contributed by atoms with Gasteiger partial charge in [-0.1, -0.05) is 12.8 Å². The summed E-state index contributed by atoms with van der Waals surface area (Å²) in [5, 5.41) is 8.98. The molecule has 1 saturated carbocycles. The molecule has 4 nitrogen and oxygen atoms in total. The summed E-state index contributed by atoms with van der Waals surface area (Å²) in [6, 6.07) is 0.459. The Bertz CT molecular complexity index is 342. The number of hydrogen-bond acceptors (Lipinski definition) is 3. The van der Waals surface area contributed by atoms with Gasteiger partial charge in [0.2, 0.25) is 0 Å². The predicted molar refractivity (Wildman–Crippen MR) is 78.9 cm³/mol. The van der Waals surface area contributed by atoms with Gasteiger partial charge in [0, 0.05) is 24.7 Å². The van der Waals surface area contributed by atoms with Crippen LogP contribution in [0, 0.1) is 0 Å². The third kappa shape index (κ3) is 3.73. The fourth-order valence-corrected chi connectivity index (χ4v) is 3.92. The number of carboxylic acids is 1. The molecule has 1 N–H and O–H groups in total. The maximum Gasteiger partial charge on any atom is 0.304 e. The minimum Gasteiger partial charge on any atom is -0.481 e. The maximum absolute atomic E-state index is 10.9. The molecule has 2 aliphatic rings. The van der Waals surface area contributed by atoms with Gasteiger partial charge in [0.1, 0.15) is 0 Å². The van der Waals surface area contributed by atoms with Crippen LogP contribution in [0.25, 0.3) is 0 Å². The lowest BCUT2D eigenvalue weighted by molar-refractivity contribution is -0.139. The topological polar surface area (TPSA) is 49.8 Å². The average molecular weight is 283 g/mol. The van der Waals surface area contributed by atoms with Gasteiger partial charge in [-0.3, -0.25) is 9.69 Å². The number of carbonyl (C=O) groups is 1. The number of carboxylic acid groups (broad SMARTS) is 1. The lowest BCUT2D eigenvalue weighted by Gasteiger charge is -2.48. The largest absolute Gasteiger partial charge is 0.481 e. The Balaban J connectivity index is 2.05. The first-order valence-corrected chi connectivity index (χ1v) is 7.95. The Morgan fingerprint density at radius 2 is 2.00 bits per heavy atom. The molecule has 0 aromatic rings. The third-order valence-electron chi connectivity index (χ3n) is 4.85. The maximum atomic E-state index is 10.9. The quantitative estimate of drug-likeness (QED) is 0.861. The van der Waals surface area contributed by atoms with Gasteiger partial charge in [0.05, 0.1) is 12.0 Å². The van der Waals surface area contributed by atoms with Crippen molar-refractivity contribution in [3.63, 3.8) is 0 Å². The van der Waals surface area contributed by atoms with E-state index in [1.807, 2.05) is 0 Å². The SMILES string of the molecule is CC(C)(C)N(CCC(=O)O)C1CCOC2(CCCC2)C1. The molecule has 1 heterocycles. The van der Waals surface area contributed by atoms with Crippen LogP contribution in [0.15, 0.2) is 0 Å². The molecule has 1 atom stereocenters. The van der Waals surface area contributed by atoms with Crippen LogP contribution in [0.1, 0.15) is 65.7 Å². The van der Waals surface area contributed by atoms with Crippen molar-refractivity contribution in [1.29, 1.82) is 0 Å². The van der Waals surface area contributed by atoms with Crippen LogP contribution in [-0.4, -0.2) is 46.3 Å². The van der Waals surface area contributed by atoms with Crippen molar-refractivity contribution in [1.82, 2.24) is 4.90 Å². The Labute approximate surface area is 122 Å². The smallest absolute Gasteiger partial charge is 0.304 e. The van der Waals surface area contributed by atoms with Gasteiger partial charge in [0.25, 0.3) is 0 Å². The fraction of sp³-hybridized carbons (Fsp3) is 0.938. The first-order chi connectivity index (χ1) is 9.32. The summed E-state index contributed by atoms with van der Waals surface area (Å²) >= 11 is 0. The highest BCUT2D eigenvalue weighted by molar-refractivity contribution is 5.66. The van der Waals surface area contributed by atoms with Crippen molar-refractivity contribution >= 4 is 5.97 Å². The van der Waals surface area contributed by atoms with Gasteiger partial charge < -0.3 is 9.84 Å². The molecule has 1 unspecified atom stereocenters. The van der Waals surface area contributed by atoms with E-state index in [0.29, 0.717) is 12.6 Å². The lowest BCUT2D eigenvalue weighted by Crippen LogP contribution is -2.54. The summed E-state index contributed by atoms with van der Waals surface area (Å²) in [6.45, 7) is 8.02. The monoisotopic (exact) mass is 283 g/mol. The van der Waals surface area contributed by atoms with Crippen molar-refractivity contribution in [2.45, 2.75) is 82.9 Å². The van der Waals surface area contributed by atoms with Crippen LogP contribution in [0.5, 0.6) is 0 Å². The van der Waals surface area contributed by atoms with E-state index in [4.69, 9.17) is 9.84 Å². The molecule has 2 rings (SSSR count). The second kappa shape index (κ2) is 6.02. The van der Waals surface area contributed by atoms with Crippen molar-refractivity contribution in [2.75, 3.05) is 13.2 Å². The zero-order chi connectivity index (χ0) is 14.8. The molecule has 0 aromatic carbocycles. The molecule has 4 heteroatoms. The molecule has 0 radical (unpaired) electrons. The van der Waals surface area contributed by atoms with Crippen LogP contribution >= 0.6 is 0 Å². The molecule has 1 spiro atoms. The minimum atomic E-state index is -0.707. The van der Waals surface area contributed by atoms with Crippen LogP contribution in [0.4, 0.5) is 0 Å². The van der Waals surface area contributed by atoms with Gasteiger partial charge in [-0.15, -0.1) is 0 Å². The third-order valence-corrected chi connectivity index (χ3v) is 4.85. The van der Waals surface area contributed by atoms with E-state index in [1.54, 1.807) is 0 Å². The Hall–Kier alpha value is -0.610. The molecule has 0 bridgehead atoms. The summed E-state index contributed by atoms with van der Waals surface area (Å²) in [4.78, 5) is 13.3. The molecular weight excluding hydrogens is 254 g/mol. The van der Waals surface area contributed by atoms with Gasteiger partial charge in [-0.05, 0) is 46.5 Å². The first kappa shape index (κ1) is 15.8. The van der Waals surface area contributed by atoms with Crippen molar-refractivity contribution in [3.8, 4) is 0 Å². The number of ether oxygens (including phenoxy) is 1. The van der Waals surface area contributed by atoms with E-state index in [0.717, 1.165) is 19.4 Å². The van der Waals surface area contributed by atoms with E-state index in [1.165, 1.54) is 25.7 Å². The summed E-state index contributed by atoms with van der Waals surface area (Å²) in [5.74, 6) is -0.707. The molecule has 1 saturated heterocycles. The molecule has 20 heavy (non-hydrogen) atoms. The first-order valence-electron chi connectivity index (χ1n) is 7.95. The number of aliphatic carboxylic acids is 1. The normalized spacial score (nSPS) is 26.3. The number of rotatable bonds is 4. The van der Waals surface area contributed by atoms with Crippen molar-refractivity contribution in [3.05, 3.63) is 0 Å². The van der Waals surface area contributed by atoms with Gasteiger partial charge in [-0.25, -0.2) is 0 Å². The van der Waals surface area contributed by atoms with Crippen molar-refractivity contribution < 1.29 is 14.6 Å². The van der Waals surface area contributed by atoms with Crippen LogP contribution in [0.3, 0.4) is 0 Å². The van der Waals surface area contributed by atoms with Crippen LogP contribution in [-0.2, 0) is 9.53 Å². The summed E-state index contributed by atoms with van der Waals surface area (Å²) in [7, 11) is 0. The van der Waals surface area contributed by atoms with E-state index in [9.17, 15) is 4.79 Å². The molecule has 116 valence electrons. The molecular formula is C16H29NO3. The Kier molecular flexibility index (Phi) is 4.75. The zero-order valence-electron chi connectivity index (χ0n) is 13.2. The standard InChI is InChI=1S/C16H29NO3/c1-15(2,3)17(10-6-14(18)19)13-7-11-20-16(12-13)8-4-5-9-16/h13H,4-12H2,1-3H3,(H,18,19). The molecule has 0 aromatic heterocycles. The molecule has 0 amide bonds. The Morgan fingerprint density at radius 1 is 1.35 bits per heavy atom. The Morgan fingerprint density at radius 3 is 2.55 bits per heavy atom. The van der Waals surface area contributed by atoms with Crippen molar-refractivity contribution in [2.24, 2.45) is 0 Å². The highest BCUT2D eigenvalue weighted by atomic mass is 16.5. The number of nitrogens with zero attached hydrogens (tertiary/aromatic N) is 1. The summed E-state index contributed by atoms with van der Waals surface area (Å²) in [6.07, 6.45) is 7.24. The van der Waals surface area contributed by atoms with E-state index in [-0.39, 0.29) is 17.6 Å². The molecule has 1 aliphatic carbocycles. The summed E-state index contributed by atoms with van der Waals surface area (Å²) in [5.41, 5.74) is 0.104. The summed E-state index contributed by atoms with van der Waals surface area (Å²) < 4.78 is 6.10. The van der Waals surface area contributed by atoms with Crippen LogP contribution < -0.4 is 0 Å².